The number of unbranched alkanes of at least 4 members (excludes halogenated alkanes) is 1. The maximum absolute atomic E-state index is 12.9. The number of carbonyl (C=O) groups excluding carboxylic acids is 2. The lowest BCUT2D eigenvalue weighted by Crippen LogP contribution is -2.37. The van der Waals surface area contributed by atoms with Gasteiger partial charge in [-0.2, -0.15) is 13.2 Å². The minimum absolute atomic E-state index is 0.00852. The number of oxime groups is 1. The van der Waals surface area contributed by atoms with E-state index in [1.165, 1.54) is 12.1 Å². The van der Waals surface area contributed by atoms with Crippen molar-refractivity contribution in [3.63, 3.8) is 0 Å². The highest BCUT2D eigenvalue weighted by Crippen LogP contribution is 2.29. The summed E-state index contributed by atoms with van der Waals surface area (Å²) in [7, 11) is 1.58. The number of hydrogen-bond donors (Lipinski definition) is 2. The van der Waals surface area contributed by atoms with Gasteiger partial charge < -0.3 is 30.1 Å². The van der Waals surface area contributed by atoms with Crippen molar-refractivity contribution in [3.8, 4) is 0 Å². The van der Waals surface area contributed by atoms with Gasteiger partial charge in [-0.15, -0.1) is 0 Å². The van der Waals surface area contributed by atoms with Crippen LogP contribution in [0.5, 0.6) is 0 Å². The van der Waals surface area contributed by atoms with Crippen LogP contribution in [0.15, 0.2) is 59.8 Å². The molecule has 12 heteroatoms. The van der Waals surface area contributed by atoms with Crippen LogP contribution in [0.3, 0.4) is 0 Å². The number of alkyl carbamates (subject to hydrolysis) is 1. The van der Waals surface area contributed by atoms with Crippen molar-refractivity contribution in [1.82, 2.24) is 5.32 Å². The molecule has 2 aromatic rings. The smallest absolute Gasteiger partial charge is 0.416 e. The molecule has 1 unspecified atom stereocenters. The number of methoxy groups -OCH3 is 1. The summed E-state index contributed by atoms with van der Waals surface area (Å²) in [5.74, 6) is -1.08. The number of amides is 1. The Kier molecular flexibility index (Phi) is 13.4. The third-order valence-corrected chi connectivity index (χ3v) is 5.61. The van der Waals surface area contributed by atoms with Gasteiger partial charge in [0, 0.05) is 19.6 Å². The summed E-state index contributed by atoms with van der Waals surface area (Å²) < 4.78 is 54.3. The number of hydrogen-bond acceptors (Lipinski definition) is 8. The lowest BCUT2D eigenvalue weighted by atomic mass is 10.0. The van der Waals surface area contributed by atoms with Crippen molar-refractivity contribution < 1.29 is 41.8 Å². The number of alkyl halides is 3. The molecule has 0 aromatic heterocycles. The third kappa shape index (κ3) is 11.2. The van der Waals surface area contributed by atoms with Gasteiger partial charge in [-0.25, -0.2) is 9.59 Å². The van der Waals surface area contributed by atoms with Gasteiger partial charge in [0.25, 0.3) is 6.29 Å². The average Bonchev–Trinajstić information content (AvgIpc) is 2.93. The molecular formula is C28H36F3N3O6. The number of rotatable bonds is 15. The van der Waals surface area contributed by atoms with Crippen molar-refractivity contribution in [1.29, 1.82) is 0 Å². The van der Waals surface area contributed by atoms with E-state index in [4.69, 9.17) is 24.8 Å². The number of ether oxygens (including phenoxy) is 3. The molecule has 0 fully saturated rings. The van der Waals surface area contributed by atoms with Gasteiger partial charge in [0.2, 0.25) is 0 Å². The Bertz CT molecular complexity index is 1080. The van der Waals surface area contributed by atoms with Gasteiger partial charge in [-0.1, -0.05) is 61.5 Å². The summed E-state index contributed by atoms with van der Waals surface area (Å²) in [4.78, 5) is 30.0. The zero-order chi connectivity index (χ0) is 29.5. The summed E-state index contributed by atoms with van der Waals surface area (Å²) >= 11 is 0. The molecule has 9 nitrogen and oxygen atoms in total. The molecule has 1 amide bonds. The van der Waals surface area contributed by atoms with Crippen molar-refractivity contribution in [2.75, 3.05) is 26.9 Å². The second-order valence-corrected chi connectivity index (χ2v) is 9.17. The fourth-order valence-corrected chi connectivity index (χ4v) is 3.38. The Balaban J connectivity index is 1.88. The average molecular weight is 568 g/mol. The highest BCUT2D eigenvalue weighted by atomic mass is 19.4. The zero-order valence-electron chi connectivity index (χ0n) is 22.8. The molecule has 0 saturated carbocycles. The van der Waals surface area contributed by atoms with E-state index >= 15 is 0 Å². The van der Waals surface area contributed by atoms with Crippen LogP contribution >= 0.6 is 0 Å². The van der Waals surface area contributed by atoms with Gasteiger partial charge in [-0.3, -0.25) is 0 Å². The SMILES string of the molecule is COCCCC/C(=N\OCCNC(=O)OC(OC(=O)[C@@H](N)c1ccccc1)C(C)C)c1ccc(C(F)(F)F)cc1. The molecule has 0 aliphatic heterocycles. The largest absolute Gasteiger partial charge is 0.423 e. The standard InChI is InChI=1S/C28H36F3N3O6/c1-19(2)26(39-25(35)24(32)21-9-5-4-6-10-21)40-27(36)33-16-18-38-34-23(11-7-8-17-37-3)20-12-14-22(15-13-20)28(29,30)31/h4-6,9-10,12-15,19,24,26H,7-8,11,16-18,32H2,1-3H3,(H,33,36)/b34-23+/t24-,26?/m0/s1. The molecule has 0 bridgehead atoms. The van der Waals surface area contributed by atoms with E-state index in [2.05, 4.69) is 10.5 Å². The fraction of sp³-hybridized carbons (Fsp3) is 0.464. The van der Waals surface area contributed by atoms with Crippen LogP contribution in [0.25, 0.3) is 0 Å². The summed E-state index contributed by atoms with van der Waals surface area (Å²) in [6.45, 7) is 3.94. The van der Waals surface area contributed by atoms with E-state index in [1.807, 2.05) is 0 Å². The Morgan fingerprint density at radius 1 is 0.975 bits per heavy atom. The minimum Gasteiger partial charge on any atom is -0.423 e. The predicted octanol–water partition coefficient (Wildman–Crippen LogP) is 5.19. The Morgan fingerprint density at radius 3 is 2.25 bits per heavy atom. The summed E-state index contributed by atoms with van der Waals surface area (Å²) in [5, 5.41) is 6.56. The highest BCUT2D eigenvalue weighted by Gasteiger charge is 2.30. The molecule has 0 heterocycles. The summed E-state index contributed by atoms with van der Waals surface area (Å²) in [6.07, 6.45) is -4.57. The van der Waals surface area contributed by atoms with E-state index in [0.717, 1.165) is 18.6 Å². The van der Waals surface area contributed by atoms with E-state index < -0.39 is 36.1 Å². The van der Waals surface area contributed by atoms with Crippen LogP contribution in [0.1, 0.15) is 55.8 Å². The molecule has 0 aliphatic rings. The monoisotopic (exact) mass is 567 g/mol. The second-order valence-electron chi connectivity index (χ2n) is 9.17. The van der Waals surface area contributed by atoms with Crippen molar-refractivity contribution in [3.05, 3.63) is 71.3 Å². The normalized spacial score (nSPS) is 13.4. The maximum atomic E-state index is 12.9. The molecule has 220 valence electrons. The molecule has 40 heavy (non-hydrogen) atoms. The van der Waals surface area contributed by atoms with Crippen LogP contribution in [0.4, 0.5) is 18.0 Å². The van der Waals surface area contributed by atoms with Crippen LogP contribution in [-0.4, -0.2) is 50.9 Å². The Hall–Kier alpha value is -3.64. The molecule has 2 aromatic carbocycles. The van der Waals surface area contributed by atoms with Crippen LogP contribution in [-0.2, 0) is 30.0 Å². The van der Waals surface area contributed by atoms with Crippen LogP contribution in [0, 0.1) is 5.92 Å². The molecule has 2 rings (SSSR count). The lowest BCUT2D eigenvalue weighted by molar-refractivity contribution is -0.176. The number of esters is 1. The Labute approximate surface area is 231 Å². The van der Waals surface area contributed by atoms with E-state index in [-0.39, 0.29) is 19.1 Å². The van der Waals surface area contributed by atoms with Gasteiger partial charge in [0.15, 0.2) is 0 Å². The number of carbonyl (C=O) groups is 2. The van der Waals surface area contributed by atoms with Crippen LogP contribution < -0.4 is 11.1 Å². The lowest BCUT2D eigenvalue weighted by Gasteiger charge is -2.23. The molecule has 0 saturated heterocycles. The number of halogens is 3. The highest BCUT2D eigenvalue weighted by molar-refractivity contribution is 6.00. The zero-order valence-corrected chi connectivity index (χ0v) is 22.8. The predicted molar refractivity (Wildman–Crippen MR) is 142 cm³/mol. The van der Waals surface area contributed by atoms with E-state index in [1.54, 1.807) is 51.3 Å². The van der Waals surface area contributed by atoms with Gasteiger partial charge in [0.05, 0.1) is 17.8 Å². The number of nitrogens with zero attached hydrogens (tertiary/aromatic N) is 1. The minimum atomic E-state index is -4.44. The van der Waals surface area contributed by atoms with Crippen LogP contribution in [0.2, 0.25) is 0 Å². The van der Waals surface area contributed by atoms with E-state index in [0.29, 0.717) is 36.3 Å². The molecule has 0 radical (unpaired) electrons. The van der Waals surface area contributed by atoms with Gasteiger partial charge >= 0.3 is 18.2 Å². The summed E-state index contributed by atoms with van der Waals surface area (Å²) in [5.41, 5.74) is 6.72. The molecular weight excluding hydrogens is 531 g/mol. The third-order valence-electron chi connectivity index (χ3n) is 5.61. The fourth-order valence-electron chi connectivity index (χ4n) is 3.38. The first kappa shape index (κ1) is 32.6. The number of benzene rings is 2. The van der Waals surface area contributed by atoms with Crippen molar-refractivity contribution in [2.45, 2.75) is 51.6 Å². The van der Waals surface area contributed by atoms with Gasteiger partial charge in [0.1, 0.15) is 12.6 Å². The first-order valence-corrected chi connectivity index (χ1v) is 12.8. The first-order chi connectivity index (χ1) is 19.0. The van der Waals surface area contributed by atoms with Crippen molar-refractivity contribution >= 4 is 17.8 Å². The molecule has 0 aliphatic carbocycles. The maximum Gasteiger partial charge on any atom is 0.416 e. The second kappa shape index (κ2) is 16.5. The summed E-state index contributed by atoms with van der Waals surface area (Å²) in [6, 6.07) is 12.3. The van der Waals surface area contributed by atoms with Gasteiger partial charge in [-0.05, 0) is 42.5 Å². The number of nitrogens with one attached hydrogen (secondary N) is 1. The Morgan fingerprint density at radius 2 is 1.65 bits per heavy atom. The van der Waals surface area contributed by atoms with E-state index in [9.17, 15) is 22.8 Å². The number of nitrogens with two attached hydrogens (primary N) is 1. The molecule has 2 atom stereocenters. The topological polar surface area (TPSA) is 121 Å². The molecule has 3 N–H and O–H groups in total. The van der Waals surface area contributed by atoms with Crippen molar-refractivity contribution in [2.24, 2.45) is 16.8 Å². The quantitative estimate of drug-likeness (QED) is 0.0998. The first-order valence-electron chi connectivity index (χ1n) is 12.8. The molecule has 0 spiro atoms.